The Bertz CT molecular complexity index is 404. The number of para-hydroxylation sites is 1. The van der Waals surface area contributed by atoms with Crippen LogP contribution in [0.25, 0.3) is 0 Å². The van der Waals surface area contributed by atoms with Gasteiger partial charge < -0.3 is 5.32 Å². The molecule has 0 amide bonds. The Morgan fingerprint density at radius 3 is 2.00 bits per heavy atom. The minimum absolute atomic E-state index is 0.191. The highest BCUT2D eigenvalue weighted by Crippen LogP contribution is 2.57. The Morgan fingerprint density at radius 2 is 1.47 bits per heavy atom. The number of nitrogens with one attached hydrogen (secondary N) is 1. The van der Waals surface area contributed by atoms with E-state index in [1.807, 2.05) is 0 Å². The van der Waals surface area contributed by atoms with E-state index in [0.717, 1.165) is 6.54 Å². The Balaban J connectivity index is 2.68. The minimum Gasteiger partial charge on any atom is -0.384 e. The number of hydrogen-bond acceptors (Lipinski definition) is 1. The monoisotopic (exact) mass is 231 g/mol. The van der Waals surface area contributed by atoms with Crippen molar-refractivity contribution in [3.05, 3.63) is 29.8 Å². The molecule has 0 unspecified atom stereocenters. The normalized spacial score (nSPS) is 18.7. The van der Waals surface area contributed by atoms with Gasteiger partial charge in [0.1, 0.15) is 0 Å². The summed E-state index contributed by atoms with van der Waals surface area (Å²) in [5.41, 5.74) is 3.48. The van der Waals surface area contributed by atoms with Gasteiger partial charge in [0.25, 0.3) is 0 Å². The molecule has 0 spiro atoms. The summed E-state index contributed by atoms with van der Waals surface area (Å²) < 4.78 is 0. The first-order chi connectivity index (χ1) is 7.70. The first-order valence-electron chi connectivity index (χ1n) is 6.53. The molecule has 0 radical (unpaired) electrons. The topological polar surface area (TPSA) is 12.0 Å². The van der Waals surface area contributed by atoms with Crippen LogP contribution in [0.1, 0.15) is 47.1 Å². The molecule has 1 aliphatic rings. The van der Waals surface area contributed by atoms with Crippen molar-refractivity contribution in [2.24, 2.45) is 10.8 Å². The van der Waals surface area contributed by atoms with E-state index in [9.17, 15) is 0 Å². The molecule has 2 rings (SSSR count). The SMILES string of the molecule is CC(C)(C)C1(C(C)(C)C)CNc2ccccc21. The Hall–Kier alpha value is -0.980. The van der Waals surface area contributed by atoms with Gasteiger partial charge in [0.2, 0.25) is 0 Å². The summed E-state index contributed by atoms with van der Waals surface area (Å²) in [5, 5.41) is 3.60. The largest absolute Gasteiger partial charge is 0.384 e. The third kappa shape index (κ3) is 1.59. The summed E-state index contributed by atoms with van der Waals surface area (Å²) in [5.74, 6) is 0. The van der Waals surface area contributed by atoms with Crippen molar-refractivity contribution in [3.8, 4) is 0 Å². The summed E-state index contributed by atoms with van der Waals surface area (Å²) in [7, 11) is 0. The zero-order valence-electron chi connectivity index (χ0n) is 12.0. The van der Waals surface area contributed by atoms with Crippen LogP contribution >= 0.6 is 0 Å². The number of hydrogen-bond donors (Lipinski definition) is 1. The van der Waals surface area contributed by atoms with Crippen molar-refractivity contribution in [1.29, 1.82) is 0 Å². The fourth-order valence-electron chi connectivity index (χ4n) is 3.80. The molecule has 17 heavy (non-hydrogen) atoms. The Morgan fingerprint density at radius 1 is 0.941 bits per heavy atom. The van der Waals surface area contributed by atoms with Crippen LogP contribution in [0.2, 0.25) is 0 Å². The molecule has 0 fully saturated rings. The van der Waals surface area contributed by atoms with Gasteiger partial charge in [-0.1, -0.05) is 59.7 Å². The van der Waals surface area contributed by atoms with Crippen molar-refractivity contribution in [3.63, 3.8) is 0 Å². The van der Waals surface area contributed by atoms with E-state index in [-0.39, 0.29) is 16.2 Å². The van der Waals surface area contributed by atoms with Gasteiger partial charge in [0.15, 0.2) is 0 Å². The molecule has 0 bridgehead atoms. The van der Waals surface area contributed by atoms with E-state index < -0.39 is 0 Å². The maximum Gasteiger partial charge on any atom is 0.0379 e. The molecule has 0 aliphatic carbocycles. The molecule has 0 saturated heterocycles. The number of benzene rings is 1. The van der Waals surface area contributed by atoms with Crippen LogP contribution in [-0.2, 0) is 5.41 Å². The lowest BCUT2D eigenvalue weighted by Crippen LogP contribution is -2.51. The van der Waals surface area contributed by atoms with E-state index in [1.54, 1.807) is 0 Å². The number of anilines is 1. The predicted octanol–water partition coefficient (Wildman–Crippen LogP) is 4.44. The lowest BCUT2D eigenvalue weighted by molar-refractivity contribution is 0.0703. The van der Waals surface area contributed by atoms with Crippen molar-refractivity contribution in [2.45, 2.75) is 47.0 Å². The molecule has 1 aliphatic heterocycles. The molecule has 1 N–H and O–H groups in total. The van der Waals surface area contributed by atoms with Crippen LogP contribution in [0, 0.1) is 10.8 Å². The predicted molar refractivity (Wildman–Crippen MR) is 75.5 cm³/mol. The molecule has 1 heterocycles. The van der Waals surface area contributed by atoms with Gasteiger partial charge in [0, 0.05) is 17.6 Å². The van der Waals surface area contributed by atoms with E-state index >= 15 is 0 Å². The molecule has 1 aromatic carbocycles. The zero-order chi connectivity index (χ0) is 12.9. The van der Waals surface area contributed by atoms with Crippen LogP contribution < -0.4 is 5.32 Å². The van der Waals surface area contributed by atoms with E-state index in [4.69, 9.17) is 0 Å². The molecule has 0 aromatic heterocycles. The van der Waals surface area contributed by atoms with Gasteiger partial charge in [-0.2, -0.15) is 0 Å². The van der Waals surface area contributed by atoms with Crippen LogP contribution in [-0.4, -0.2) is 6.54 Å². The highest BCUT2D eigenvalue weighted by molar-refractivity contribution is 5.62. The van der Waals surface area contributed by atoms with Gasteiger partial charge >= 0.3 is 0 Å². The fraction of sp³-hybridized carbons (Fsp3) is 0.625. The Labute approximate surface area is 106 Å². The lowest BCUT2D eigenvalue weighted by Gasteiger charge is -2.51. The van der Waals surface area contributed by atoms with Crippen LogP contribution in [0.4, 0.5) is 5.69 Å². The maximum absolute atomic E-state index is 3.60. The van der Waals surface area contributed by atoms with Crippen LogP contribution in [0.15, 0.2) is 24.3 Å². The van der Waals surface area contributed by atoms with Crippen molar-refractivity contribution >= 4 is 5.69 Å². The Kier molecular flexibility index (Phi) is 2.57. The van der Waals surface area contributed by atoms with Crippen LogP contribution in [0.5, 0.6) is 0 Å². The molecule has 1 nitrogen and oxygen atoms in total. The zero-order valence-corrected chi connectivity index (χ0v) is 12.0. The molecular weight excluding hydrogens is 206 g/mol. The quantitative estimate of drug-likeness (QED) is 0.696. The highest BCUT2D eigenvalue weighted by Gasteiger charge is 2.54. The second-order valence-electron chi connectivity index (χ2n) is 7.30. The van der Waals surface area contributed by atoms with E-state index in [2.05, 4.69) is 71.1 Å². The lowest BCUT2D eigenvalue weighted by atomic mass is 9.52. The van der Waals surface area contributed by atoms with Crippen molar-refractivity contribution < 1.29 is 0 Å². The standard InChI is InChI=1S/C16H25N/c1-14(2,3)16(15(4,5)6)11-17-13-10-8-7-9-12(13)16/h7-10,17H,11H2,1-6H3. The van der Waals surface area contributed by atoms with Crippen molar-refractivity contribution in [1.82, 2.24) is 0 Å². The molecule has 0 saturated carbocycles. The third-order valence-corrected chi connectivity index (χ3v) is 4.49. The smallest absolute Gasteiger partial charge is 0.0379 e. The van der Waals surface area contributed by atoms with E-state index in [0.29, 0.717) is 0 Å². The molecular formula is C16H25N. The second kappa shape index (κ2) is 3.51. The number of rotatable bonds is 0. The summed E-state index contributed by atoms with van der Waals surface area (Å²) in [6, 6.07) is 8.78. The summed E-state index contributed by atoms with van der Waals surface area (Å²) in [4.78, 5) is 0. The summed E-state index contributed by atoms with van der Waals surface area (Å²) >= 11 is 0. The molecule has 1 heteroatoms. The van der Waals surface area contributed by atoms with Gasteiger partial charge in [0.05, 0.1) is 0 Å². The first kappa shape index (κ1) is 12.5. The molecule has 0 atom stereocenters. The molecule has 1 aromatic rings. The van der Waals surface area contributed by atoms with Gasteiger partial charge in [-0.15, -0.1) is 0 Å². The maximum atomic E-state index is 3.60. The number of fused-ring (bicyclic) bond motifs is 1. The fourth-order valence-corrected chi connectivity index (χ4v) is 3.80. The molecule has 94 valence electrons. The minimum atomic E-state index is 0.191. The third-order valence-electron chi connectivity index (χ3n) is 4.49. The average Bonchev–Trinajstić information content (AvgIpc) is 2.55. The van der Waals surface area contributed by atoms with Crippen LogP contribution in [0.3, 0.4) is 0 Å². The van der Waals surface area contributed by atoms with Crippen molar-refractivity contribution in [2.75, 3.05) is 11.9 Å². The summed E-state index contributed by atoms with van der Waals surface area (Å²) in [6.07, 6.45) is 0. The first-order valence-corrected chi connectivity index (χ1v) is 6.53. The second-order valence-corrected chi connectivity index (χ2v) is 7.30. The van der Waals surface area contributed by atoms with Gasteiger partial charge in [-0.3, -0.25) is 0 Å². The summed E-state index contributed by atoms with van der Waals surface area (Å²) in [6.45, 7) is 15.2. The van der Waals surface area contributed by atoms with Gasteiger partial charge in [-0.25, -0.2) is 0 Å². The highest BCUT2D eigenvalue weighted by atomic mass is 15.0. The van der Waals surface area contributed by atoms with E-state index in [1.165, 1.54) is 11.3 Å². The van der Waals surface area contributed by atoms with Gasteiger partial charge in [-0.05, 0) is 22.5 Å². The average molecular weight is 231 g/mol.